The fraction of sp³-hybridized carbons (Fsp3) is 0.462. The van der Waals surface area contributed by atoms with Gasteiger partial charge in [-0.2, -0.15) is 0 Å². The van der Waals surface area contributed by atoms with Crippen LogP contribution in [-0.4, -0.2) is 37.4 Å². The molecular weight excluding hydrogens is 266 g/mol. The summed E-state index contributed by atoms with van der Waals surface area (Å²) in [5.74, 6) is -1.14. The molecule has 0 aliphatic rings. The quantitative estimate of drug-likeness (QED) is 0.918. The van der Waals surface area contributed by atoms with Crippen LogP contribution in [0.4, 0.5) is 0 Å². The highest BCUT2D eigenvalue weighted by Gasteiger charge is 2.25. The summed E-state index contributed by atoms with van der Waals surface area (Å²) in [4.78, 5) is 10.9. The second kappa shape index (κ2) is 5.30. The van der Waals surface area contributed by atoms with Crippen LogP contribution in [0.2, 0.25) is 0 Å². The number of sulfonamides is 1. The van der Waals surface area contributed by atoms with Crippen molar-refractivity contribution in [2.24, 2.45) is 5.41 Å². The minimum Gasteiger partial charge on any atom is -0.478 e. The first-order valence-corrected chi connectivity index (χ1v) is 7.28. The van der Waals surface area contributed by atoms with Gasteiger partial charge in [-0.3, -0.25) is 0 Å². The molecule has 0 amide bonds. The first-order valence-electron chi connectivity index (χ1n) is 5.84. The number of nitrogens with zero attached hydrogens (tertiary/aromatic N) is 1. The summed E-state index contributed by atoms with van der Waals surface area (Å²) in [7, 11) is -2.16. The van der Waals surface area contributed by atoms with E-state index < -0.39 is 16.0 Å². The molecule has 1 aromatic rings. The third-order valence-electron chi connectivity index (χ3n) is 2.49. The van der Waals surface area contributed by atoms with E-state index in [1.165, 1.54) is 35.6 Å². The third-order valence-corrected chi connectivity index (χ3v) is 4.29. The largest absolute Gasteiger partial charge is 0.478 e. The molecule has 0 heterocycles. The Kier molecular flexibility index (Phi) is 4.37. The van der Waals surface area contributed by atoms with Crippen LogP contribution in [0, 0.1) is 5.41 Å². The number of benzene rings is 1. The zero-order valence-electron chi connectivity index (χ0n) is 11.5. The Morgan fingerprint density at radius 2 is 1.89 bits per heavy atom. The van der Waals surface area contributed by atoms with E-state index in [1.54, 1.807) is 0 Å². The van der Waals surface area contributed by atoms with Gasteiger partial charge in [0.1, 0.15) is 0 Å². The zero-order valence-corrected chi connectivity index (χ0v) is 12.4. The van der Waals surface area contributed by atoms with Gasteiger partial charge in [0.05, 0.1) is 10.5 Å². The summed E-state index contributed by atoms with van der Waals surface area (Å²) >= 11 is 0. The second-order valence-electron chi connectivity index (χ2n) is 5.65. The molecule has 0 saturated heterocycles. The van der Waals surface area contributed by atoms with Crippen molar-refractivity contribution in [1.82, 2.24) is 4.31 Å². The zero-order chi connectivity index (χ0) is 14.8. The van der Waals surface area contributed by atoms with Crippen LogP contribution in [0.15, 0.2) is 29.2 Å². The van der Waals surface area contributed by atoms with Crippen LogP contribution < -0.4 is 0 Å². The topological polar surface area (TPSA) is 74.7 Å². The molecule has 0 saturated carbocycles. The van der Waals surface area contributed by atoms with Crippen LogP contribution in [0.1, 0.15) is 31.1 Å². The van der Waals surface area contributed by atoms with Crippen molar-refractivity contribution in [3.63, 3.8) is 0 Å². The van der Waals surface area contributed by atoms with Crippen molar-refractivity contribution in [3.05, 3.63) is 29.8 Å². The number of hydrogen-bond acceptors (Lipinski definition) is 3. The van der Waals surface area contributed by atoms with E-state index in [0.717, 1.165) is 0 Å². The standard InChI is InChI=1S/C13H19NO4S/c1-13(2,3)9-14(4)19(17,18)11-7-5-6-10(8-11)12(15)16/h5-8H,9H2,1-4H3,(H,15,16). The van der Waals surface area contributed by atoms with Crippen molar-refractivity contribution < 1.29 is 18.3 Å². The van der Waals surface area contributed by atoms with Crippen molar-refractivity contribution in [1.29, 1.82) is 0 Å². The van der Waals surface area contributed by atoms with Crippen molar-refractivity contribution >= 4 is 16.0 Å². The normalized spacial score (nSPS) is 12.7. The highest BCUT2D eigenvalue weighted by molar-refractivity contribution is 7.89. The fourth-order valence-electron chi connectivity index (χ4n) is 1.72. The molecule has 1 rings (SSSR count). The minimum atomic E-state index is -3.66. The summed E-state index contributed by atoms with van der Waals surface area (Å²) in [6.45, 7) is 6.17. The first kappa shape index (κ1) is 15.7. The molecule has 0 bridgehead atoms. The van der Waals surface area contributed by atoms with Gasteiger partial charge in [-0.15, -0.1) is 0 Å². The van der Waals surface area contributed by atoms with Crippen molar-refractivity contribution in [3.8, 4) is 0 Å². The molecule has 0 aliphatic heterocycles. The molecule has 0 unspecified atom stereocenters. The molecule has 106 valence electrons. The molecule has 6 heteroatoms. The van der Waals surface area contributed by atoms with Gasteiger partial charge < -0.3 is 5.11 Å². The van der Waals surface area contributed by atoms with Gasteiger partial charge in [0, 0.05) is 13.6 Å². The summed E-state index contributed by atoms with van der Waals surface area (Å²) in [5, 5.41) is 8.89. The molecule has 0 aromatic heterocycles. The SMILES string of the molecule is CN(CC(C)(C)C)S(=O)(=O)c1cccc(C(=O)O)c1. The average Bonchev–Trinajstić information content (AvgIpc) is 2.26. The molecule has 0 fully saturated rings. The average molecular weight is 285 g/mol. The minimum absolute atomic E-state index is 0.000787. The Balaban J connectivity index is 3.13. The summed E-state index contributed by atoms with van der Waals surface area (Å²) in [6, 6.07) is 5.38. The molecule has 19 heavy (non-hydrogen) atoms. The van der Waals surface area contributed by atoms with Crippen LogP contribution >= 0.6 is 0 Å². The van der Waals surface area contributed by atoms with E-state index in [4.69, 9.17) is 5.11 Å². The molecular formula is C13H19NO4S. The van der Waals surface area contributed by atoms with Crippen molar-refractivity contribution in [2.75, 3.05) is 13.6 Å². The van der Waals surface area contributed by atoms with Gasteiger partial charge in [0.2, 0.25) is 10.0 Å². The van der Waals surface area contributed by atoms with Crippen LogP contribution in [0.5, 0.6) is 0 Å². The maximum absolute atomic E-state index is 12.3. The molecule has 0 radical (unpaired) electrons. The van der Waals surface area contributed by atoms with E-state index in [-0.39, 0.29) is 15.9 Å². The van der Waals surface area contributed by atoms with E-state index in [9.17, 15) is 13.2 Å². The lowest BCUT2D eigenvalue weighted by Crippen LogP contribution is -2.34. The van der Waals surface area contributed by atoms with Crippen molar-refractivity contribution in [2.45, 2.75) is 25.7 Å². The molecule has 1 N–H and O–H groups in total. The van der Waals surface area contributed by atoms with Crippen LogP contribution in [0.3, 0.4) is 0 Å². The van der Waals surface area contributed by atoms with E-state index in [2.05, 4.69) is 0 Å². The van der Waals surface area contributed by atoms with Gasteiger partial charge in [0.25, 0.3) is 0 Å². The third kappa shape index (κ3) is 4.04. The number of carbonyl (C=O) groups is 1. The Morgan fingerprint density at radius 3 is 2.37 bits per heavy atom. The molecule has 0 spiro atoms. The first-order chi connectivity index (χ1) is 8.54. The smallest absolute Gasteiger partial charge is 0.335 e. The van der Waals surface area contributed by atoms with E-state index in [1.807, 2.05) is 20.8 Å². The molecule has 0 atom stereocenters. The maximum atomic E-state index is 12.3. The lowest BCUT2D eigenvalue weighted by atomic mass is 9.97. The van der Waals surface area contributed by atoms with E-state index >= 15 is 0 Å². The summed E-state index contributed by atoms with van der Waals surface area (Å²) in [5.41, 5.74) is -0.211. The van der Waals surface area contributed by atoms with Crippen LogP contribution in [0.25, 0.3) is 0 Å². The van der Waals surface area contributed by atoms with E-state index in [0.29, 0.717) is 6.54 Å². The summed E-state index contributed by atoms with van der Waals surface area (Å²) < 4.78 is 25.9. The summed E-state index contributed by atoms with van der Waals surface area (Å²) in [6.07, 6.45) is 0. The predicted molar refractivity (Wildman–Crippen MR) is 72.7 cm³/mol. The van der Waals surface area contributed by atoms with Gasteiger partial charge in [-0.1, -0.05) is 26.8 Å². The number of carboxylic acid groups (broad SMARTS) is 1. The Hall–Kier alpha value is -1.40. The Morgan fingerprint density at radius 1 is 1.32 bits per heavy atom. The van der Waals surface area contributed by atoms with Crippen LogP contribution in [-0.2, 0) is 10.0 Å². The number of rotatable bonds is 4. The monoisotopic (exact) mass is 285 g/mol. The van der Waals surface area contributed by atoms with Gasteiger partial charge in [-0.05, 0) is 23.6 Å². The predicted octanol–water partition coefficient (Wildman–Crippen LogP) is 2.05. The lowest BCUT2D eigenvalue weighted by molar-refractivity contribution is 0.0696. The highest BCUT2D eigenvalue weighted by atomic mass is 32.2. The maximum Gasteiger partial charge on any atom is 0.335 e. The lowest BCUT2D eigenvalue weighted by Gasteiger charge is -2.26. The fourth-order valence-corrected chi connectivity index (χ4v) is 3.17. The Labute approximate surface area is 113 Å². The molecule has 5 nitrogen and oxygen atoms in total. The number of hydrogen-bond donors (Lipinski definition) is 1. The number of carboxylic acids is 1. The number of aromatic carboxylic acids is 1. The second-order valence-corrected chi connectivity index (χ2v) is 7.70. The van der Waals surface area contributed by atoms with Gasteiger partial charge >= 0.3 is 5.97 Å². The Bertz CT molecular complexity index is 573. The van der Waals surface area contributed by atoms with Gasteiger partial charge in [-0.25, -0.2) is 17.5 Å². The molecule has 0 aliphatic carbocycles. The molecule has 1 aromatic carbocycles. The highest BCUT2D eigenvalue weighted by Crippen LogP contribution is 2.21. The van der Waals surface area contributed by atoms with Gasteiger partial charge in [0.15, 0.2) is 0 Å².